The van der Waals surface area contributed by atoms with E-state index in [0.29, 0.717) is 18.2 Å². The van der Waals surface area contributed by atoms with Crippen molar-refractivity contribution >= 4 is 11.9 Å². The summed E-state index contributed by atoms with van der Waals surface area (Å²) in [4.78, 5) is 19.0. The van der Waals surface area contributed by atoms with Crippen LogP contribution in [0.4, 0.5) is 5.95 Å². The van der Waals surface area contributed by atoms with E-state index >= 15 is 0 Å². The van der Waals surface area contributed by atoms with Gasteiger partial charge in [0.05, 0.1) is 17.4 Å². The van der Waals surface area contributed by atoms with E-state index in [-0.39, 0.29) is 17.6 Å². The maximum absolute atomic E-state index is 10.8. The SMILES string of the molecule is Cc1nc(NCC2CCCCC2O)ncc1C(=O)O. The van der Waals surface area contributed by atoms with E-state index in [0.717, 1.165) is 25.7 Å². The molecule has 3 N–H and O–H groups in total. The summed E-state index contributed by atoms with van der Waals surface area (Å²) in [6.45, 7) is 2.26. The number of nitrogens with one attached hydrogen (secondary N) is 1. The fourth-order valence-corrected chi connectivity index (χ4v) is 2.41. The van der Waals surface area contributed by atoms with E-state index in [1.54, 1.807) is 6.92 Å². The number of carbonyl (C=O) groups is 1. The molecule has 0 saturated heterocycles. The molecule has 1 aliphatic rings. The summed E-state index contributed by atoms with van der Waals surface area (Å²) in [5.41, 5.74) is 0.553. The topological polar surface area (TPSA) is 95.3 Å². The molecule has 0 amide bonds. The van der Waals surface area contributed by atoms with Gasteiger partial charge in [0.2, 0.25) is 5.95 Å². The molecule has 19 heavy (non-hydrogen) atoms. The molecular formula is C13H19N3O3. The van der Waals surface area contributed by atoms with E-state index in [9.17, 15) is 9.90 Å². The van der Waals surface area contributed by atoms with Gasteiger partial charge < -0.3 is 15.5 Å². The standard InChI is InChI=1S/C13H19N3O3/c1-8-10(12(18)19)7-15-13(16-8)14-6-9-4-2-3-5-11(9)17/h7,9,11,17H,2-6H2,1H3,(H,18,19)(H,14,15,16). The highest BCUT2D eigenvalue weighted by atomic mass is 16.4. The van der Waals surface area contributed by atoms with Gasteiger partial charge in [0.15, 0.2) is 0 Å². The molecule has 6 heteroatoms. The van der Waals surface area contributed by atoms with Crippen molar-refractivity contribution in [2.45, 2.75) is 38.7 Å². The summed E-state index contributed by atoms with van der Waals surface area (Å²) >= 11 is 0. The predicted molar refractivity (Wildman–Crippen MR) is 70.2 cm³/mol. The van der Waals surface area contributed by atoms with Crippen LogP contribution in [0.1, 0.15) is 41.7 Å². The molecule has 2 unspecified atom stereocenters. The molecule has 0 aromatic carbocycles. The van der Waals surface area contributed by atoms with E-state index in [1.807, 2.05) is 0 Å². The van der Waals surface area contributed by atoms with Crippen LogP contribution in [0.15, 0.2) is 6.20 Å². The molecule has 104 valence electrons. The van der Waals surface area contributed by atoms with Crippen molar-refractivity contribution in [3.63, 3.8) is 0 Å². The molecule has 0 bridgehead atoms. The lowest BCUT2D eigenvalue weighted by Crippen LogP contribution is -2.30. The van der Waals surface area contributed by atoms with Gasteiger partial charge in [-0.05, 0) is 19.8 Å². The van der Waals surface area contributed by atoms with Gasteiger partial charge in [-0.1, -0.05) is 12.8 Å². The second kappa shape index (κ2) is 5.97. The minimum absolute atomic E-state index is 0.114. The maximum Gasteiger partial charge on any atom is 0.339 e. The molecule has 2 atom stereocenters. The van der Waals surface area contributed by atoms with E-state index in [1.165, 1.54) is 6.20 Å². The zero-order chi connectivity index (χ0) is 13.8. The highest BCUT2D eigenvalue weighted by molar-refractivity contribution is 5.88. The van der Waals surface area contributed by atoms with Crippen LogP contribution in [0.2, 0.25) is 0 Å². The molecule has 0 aliphatic heterocycles. The Kier molecular flexibility index (Phi) is 4.31. The van der Waals surface area contributed by atoms with E-state index in [4.69, 9.17) is 5.11 Å². The third kappa shape index (κ3) is 3.41. The van der Waals surface area contributed by atoms with Gasteiger partial charge in [0, 0.05) is 18.7 Å². The molecular weight excluding hydrogens is 246 g/mol. The molecule has 1 aliphatic carbocycles. The van der Waals surface area contributed by atoms with Crippen LogP contribution in [-0.2, 0) is 0 Å². The lowest BCUT2D eigenvalue weighted by molar-refractivity contribution is 0.0695. The Morgan fingerprint density at radius 1 is 1.47 bits per heavy atom. The number of carboxylic acid groups (broad SMARTS) is 1. The van der Waals surface area contributed by atoms with Crippen molar-refractivity contribution < 1.29 is 15.0 Å². The summed E-state index contributed by atoms with van der Waals surface area (Å²) < 4.78 is 0. The van der Waals surface area contributed by atoms with Crippen molar-refractivity contribution in [1.82, 2.24) is 9.97 Å². The molecule has 2 rings (SSSR count). The molecule has 1 aromatic rings. The molecule has 1 aromatic heterocycles. The summed E-state index contributed by atoms with van der Waals surface area (Å²) in [7, 11) is 0. The molecule has 0 spiro atoms. The normalized spacial score (nSPS) is 23.1. The third-order valence-electron chi connectivity index (χ3n) is 3.60. The minimum atomic E-state index is -1.02. The van der Waals surface area contributed by atoms with Crippen molar-refractivity contribution in [3.05, 3.63) is 17.5 Å². The summed E-state index contributed by atoms with van der Waals surface area (Å²) in [5, 5.41) is 21.8. The van der Waals surface area contributed by atoms with Crippen molar-refractivity contribution in [2.24, 2.45) is 5.92 Å². The lowest BCUT2D eigenvalue weighted by atomic mass is 9.86. The Labute approximate surface area is 111 Å². The monoisotopic (exact) mass is 265 g/mol. The average Bonchev–Trinajstić information content (AvgIpc) is 2.37. The van der Waals surface area contributed by atoms with E-state index < -0.39 is 5.97 Å². The number of rotatable bonds is 4. The van der Waals surface area contributed by atoms with Gasteiger partial charge in [0.1, 0.15) is 0 Å². The smallest absolute Gasteiger partial charge is 0.339 e. The fraction of sp³-hybridized carbons (Fsp3) is 0.615. The van der Waals surface area contributed by atoms with Crippen LogP contribution >= 0.6 is 0 Å². The number of hydrogen-bond acceptors (Lipinski definition) is 5. The number of aromatic carboxylic acids is 1. The van der Waals surface area contributed by atoms with Crippen molar-refractivity contribution in [3.8, 4) is 0 Å². The first-order valence-electron chi connectivity index (χ1n) is 6.57. The van der Waals surface area contributed by atoms with Gasteiger partial charge in [-0.25, -0.2) is 14.8 Å². The maximum atomic E-state index is 10.8. The molecule has 6 nitrogen and oxygen atoms in total. The number of nitrogens with zero attached hydrogens (tertiary/aromatic N) is 2. The number of aliphatic hydroxyl groups excluding tert-OH is 1. The van der Waals surface area contributed by atoms with Crippen LogP contribution in [0.3, 0.4) is 0 Å². The highest BCUT2D eigenvalue weighted by Crippen LogP contribution is 2.24. The highest BCUT2D eigenvalue weighted by Gasteiger charge is 2.23. The Morgan fingerprint density at radius 2 is 2.21 bits per heavy atom. The second-order valence-corrected chi connectivity index (χ2v) is 4.99. The lowest BCUT2D eigenvalue weighted by Gasteiger charge is -2.27. The zero-order valence-electron chi connectivity index (χ0n) is 11.0. The van der Waals surface area contributed by atoms with Crippen LogP contribution in [0.25, 0.3) is 0 Å². The molecule has 0 radical (unpaired) electrons. The number of carboxylic acids is 1. The largest absolute Gasteiger partial charge is 0.478 e. The number of aliphatic hydroxyl groups is 1. The Morgan fingerprint density at radius 3 is 2.84 bits per heavy atom. The van der Waals surface area contributed by atoms with Crippen LogP contribution in [0, 0.1) is 12.8 Å². The van der Waals surface area contributed by atoms with Crippen LogP contribution in [-0.4, -0.2) is 38.8 Å². The number of aryl methyl sites for hydroxylation is 1. The van der Waals surface area contributed by atoms with Crippen LogP contribution in [0.5, 0.6) is 0 Å². The summed E-state index contributed by atoms with van der Waals surface area (Å²) in [6.07, 6.45) is 5.12. The Hall–Kier alpha value is -1.69. The first-order chi connectivity index (χ1) is 9.08. The van der Waals surface area contributed by atoms with Gasteiger partial charge >= 0.3 is 5.97 Å². The minimum Gasteiger partial charge on any atom is -0.478 e. The molecule has 1 heterocycles. The fourth-order valence-electron chi connectivity index (χ4n) is 2.41. The van der Waals surface area contributed by atoms with Gasteiger partial charge in [0.25, 0.3) is 0 Å². The van der Waals surface area contributed by atoms with E-state index in [2.05, 4.69) is 15.3 Å². The van der Waals surface area contributed by atoms with Crippen LogP contribution < -0.4 is 5.32 Å². The average molecular weight is 265 g/mol. The second-order valence-electron chi connectivity index (χ2n) is 4.99. The summed E-state index contributed by atoms with van der Waals surface area (Å²) in [6, 6.07) is 0. The van der Waals surface area contributed by atoms with Gasteiger partial charge in [-0.15, -0.1) is 0 Å². The van der Waals surface area contributed by atoms with Crippen molar-refractivity contribution in [2.75, 3.05) is 11.9 Å². The van der Waals surface area contributed by atoms with Gasteiger partial charge in [-0.2, -0.15) is 0 Å². The first-order valence-corrected chi connectivity index (χ1v) is 6.57. The third-order valence-corrected chi connectivity index (χ3v) is 3.60. The number of anilines is 1. The molecule has 1 saturated carbocycles. The molecule has 1 fully saturated rings. The quantitative estimate of drug-likeness (QED) is 0.762. The first kappa shape index (κ1) is 13.7. The number of hydrogen-bond donors (Lipinski definition) is 3. The van der Waals surface area contributed by atoms with Crippen molar-refractivity contribution in [1.29, 1.82) is 0 Å². The number of aromatic nitrogens is 2. The Balaban J connectivity index is 1.96. The Bertz CT molecular complexity index is 464. The zero-order valence-corrected chi connectivity index (χ0v) is 11.0. The predicted octanol–water partition coefficient (Wildman–Crippen LogP) is 1.45. The summed E-state index contributed by atoms with van der Waals surface area (Å²) in [5.74, 6) is -0.385. The van der Waals surface area contributed by atoms with Gasteiger partial charge in [-0.3, -0.25) is 0 Å².